The van der Waals surface area contributed by atoms with Crippen LogP contribution in [-0.2, 0) is 16.2 Å². The molecule has 0 radical (unpaired) electrons. The Bertz CT molecular complexity index is 3140. The van der Waals surface area contributed by atoms with Crippen molar-refractivity contribution in [2.45, 2.75) is 78.6 Å². The van der Waals surface area contributed by atoms with Gasteiger partial charge in [-0.25, -0.2) is 4.98 Å². The minimum Gasteiger partial charge on any atom is -0.507 e. The quantitative estimate of drug-likeness (QED) is 0.128. The maximum atomic E-state index is 12.6. The number of nitrogens with zero attached hydrogens (tertiary/aromatic N) is 3. The summed E-state index contributed by atoms with van der Waals surface area (Å²) >= 11 is 0. The lowest BCUT2D eigenvalue weighted by atomic mass is 9.79. The van der Waals surface area contributed by atoms with Crippen molar-refractivity contribution in [3.8, 4) is 73.0 Å². The highest BCUT2D eigenvalue weighted by molar-refractivity contribution is 5.97. The number of pyridine rings is 1. The van der Waals surface area contributed by atoms with E-state index in [9.17, 15) is 5.11 Å². The predicted molar refractivity (Wildman–Crippen MR) is 266 cm³/mol. The van der Waals surface area contributed by atoms with E-state index in [-0.39, 0.29) is 22.0 Å². The minimum absolute atomic E-state index is 0.144. The van der Waals surface area contributed by atoms with Gasteiger partial charge in [0.25, 0.3) is 0 Å². The molecule has 0 unspecified atom stereocenters. The second-order valence-corrected chi connectivity index (χ2v) is 20.1. The topological polar surface area (TPSA) is 41.9 Å². The van der Waals surface area contributed by atoms with E-state index in [4.69, 9.17) is 4.98 Å². The lowest BCUT2D eigenvalue weighted by Crippen LogP contribution is -2.31. The van der Waals surface area contributed by atoms with Crippen LogP contribution in [0, 0.1) is 6.20 Å². The molecule has 4 heteroatoms. The zero-order chi connectivity index (χ0) is 45.0. The molecular weight excluding hydrogens is 779 g/mol. The standard InChI is InChI=1S/C60H57N3O/c1-58(2,3)46-33-45(34-48(36-46)62-32-20-27-44(39-62)41-23-15-11-16-24-41)49-28-19-29-54-55(49)61-57(51-37-47(59(4,5)6)38-52(56(51)64)60(7,8)9)63(54)53-31-30-43(40-21-13-10-14-22-40)35-50(53)42-25-17-12-18-26-42/h10-31,33-39,64H,1-9H3. The first kappa shape index (κ1) is 42.3. The summed E-state index contributed by atoms with van der Waals surface area (Å²) in [5.41, 5.74) is 15.8. The Balaban J connectivity index is 1.36. The van der Waals surface area contributed by atoms with E-state index in [1.165, 1.54) is 5.56 Å². The third-order valence-corrected chi connectivity index (χ3v) is 12.4. The van der Waals surface area contributed by atoms with Crippen molar-refractivity contribution in [2.75, 3.05) is 0 Å². The fourth-order valence-electron chi connectivity index (χ4n) is 8.67. The van der Waals surface area contributed by atoms with Crippen LogP contribution in [0.5, 0.6) is 5.75 Å². The highest BCUT2D eigenvalue weighted by Crippen LogP contribution is 2.46. The summed E-state index contributed by atoms with van der Waals surface area (Å²) in [5, 5.41) is 12.6. The molecule has 0 aliphatic carbocycles. The molecule has 318 valence electrons. The second-order valence-electron chi connectivity index (χ2n) is 20.1. The van der Waals surface area contributed by atoms with Gasteiger partial charge in [0.1, 0.15) is 17.3 Å². The molecule has 64 heavy (non-hydrogen) atoms. The summed E-state index contributed by atoms with van der Waals surface area (Å²) in [4.78, 5) is 5.69. The van der Waals surface area contributed by atoms with Crippen molar-refractivity contribution in [3.63, 3.8) is 0 Å². The van der Waals surface area contributed by atoms with Gasteiger partial charge in [0, 0.05) is 16.7 Å². The molecule has 7 aromatic carbocycles. The predicted octanol–water partition coefficient (Wildman–Crippen LogP) is 15.0. The summed E-state index contributed by atoms with van der Waals surface area (Å²) in [6, 6.07) is 60.2. The van der Waals surface area contributed by atoms with E-state index >= 15 is 0 Å². The lowest BCUT2D eigenvalue weighted by molar-refractivity contribution is -0.599. The summed E-state index contributed by atoms with van der Waals surface area (Å²) in [5.74, 6) is 0.940. The van der Waals surface area contributed by atoms with Crippen molar-refractivity contribution in [1.82, 2.24) is 9.55 Å². The normalized spacial score (nSPS) is 12.2. The second kappa shape index (κ2) is 16.3. The molecule has 0 amide bonds. The Kier molecular flexibility index (Phi) is 10.7. The molecule has 0 bridgehead atoms. The Hall–Kier alpha value is -7.04. The SMILES string of the molecule is CC(C)(C)c1cc(-c2cccc3c2nc(-c2cc(C(C)(C)C)cc(C(C)(C)C)c2O)n3-c2ccc(-c3ccccc3)cc2-c2ccccc2)cc(-[n+]2[c-]ccc(-c3ccccc3)c2)c1. The molecule has 0 aliphatic heterocycles. The van der Waals surface area contributed by atoms with Gasteiger partial charge in [-0.1, -0.05) is 190 Å². The van der Waals surface area contributed by atoms with Crippen molar-refractivity contribution in [1.29, 1.82) is 0 Å². The van der Waals surface area contributed by atoms with Gasteiger partial charge in [0.2, 0.25) is 0 Å². The molecule has 2 aromatic heterocycles. The molecule has 0 fully saturated rings. The maximum absolute atomic E-state index is 12.6. The molecule has 0 saturated heterocycles. The molecule has 0 aliphatic rings. The van der Waals surface area contributed by atoms with E-state index < -0.39 is 0 Å². The van der Waals surface area contributed by atoms with Crippen LogP contribution in [0.25, 0.3) is 78.3 Å². The average Bonchev–Trinajstić information content (AvgIpc) is 3.68. The fourth-order valence-corrected chi connectivity index (χ4v) is 8.67. The molecule has 1 N–H and O–H groups in total. The number of aromatic hydroxyl groups is 1. The van der Waals surface area contributed by atoms with E-state index in [0.29, 0.717) is 11.4 Å². The zero-order valence-corrected chi connectivity index (χ0v) is 38.5. The Morgan fingerprint density at radius 1 is 0.484 bits per heavy atom. The van der Waals surface area contributed by atoms with E-state index in [1.807, 2.05) is 12.1 Å². The highest BCUT2D eigenvalue weighted by atomic mass is 16.3. The van der Waals surface area contributed by atoms with Gasteiger partial charge in [-0.2, -0.15) is 0 Å². The lowest BCUT2D eigenvalue weighted by Gasteiger charge is -2.27. The largest absolute Gasteiger partial charge is 0.507 e. The summed E-state index contributed by atoms with van der Waals surface area (Å²) in [6.07, 6.45) is 5.66. The van der Waals surface area contributed by atoms with Crippen LogP contribution in [0.15, 0.2) is 176 Å². The number of phenolic OH excluding ortho intramolecular Hbond substituents is 1. The first-order chi connectivity index (χ1) is 30.5. The fraction of sp³-hybridized carbons (Fsp3) is 0.200. The first-order valence-corrected chi connectivity index (χ1v) is 22.3. The monoisotopic (exact) mass is 835 g/mol. The van der Waals surface area contributed by atoms with Gasteiger partial charge < -0.3 is 5.11 Å². The van der Waals surface area contributed by atoms with E-state index in [2.05, 4.69) is 242 Å². The van der Waals surface area contributed by atoms with Gasteiger partial charge >= 0.3 is 0 Å². The number of para-hydroxylation sites is 1. The Morgan fingerprint density at radius 3 is 1.72 bits per heavy atom. The molecule has 2 heterocycles. The van der Waals surface area contributed by atoms with Crippen LogP contribution in [0.1, 0.15) is 79.0 Å². The average molecular weight is 836 g/mol. The van der Waals surface area contributed by atoms with Crippen LogP contribution in [0.3, 0.4) is 0 Å². The summed E-state index contributed by atoms with van der Waals surface area (Å²) in [6.45, 7) is 20.0. The smallest absolute Gasteiger partial charge is 0.152 e. The molecule has 0 saturated carbocycles. The van der Waals surface area contributed by atoms with Crippen LogP contribution in [0.2, 0.25) is 0 Å². The number of hydrogen-bond acceptors (Lipinski definition) is 2. The number of hydrogen-bond donors (Lipinski definition) is 1. The maximum Gasteiger partial charge on any atom is 0.152 e. The van der Waals surface area contributed by atoms with Crippen LogP contribution in [-0.4, -0.2) is 14.7 Å². The van der Waals surface area contributed by atoms with E-state index in [1.54, 1.807) is 0 Å². The van der Waals surface area contributed by atoms with E-state index in [0.717, 1.165) is 78.0 Å². The van der Waals surface area contributed by atoms with Crippen molar-refractivity contribution in [2.24, 2.45) is 0 Å². The number of benzene rings is 7. The van der Waals surface area contributed by atoms with Crippen LogP contribution >= 0.6 is 0 Å². The third-order valence-electron chi connectivity index (χ3n) is 12.4. The molecule has 0 spiro atoms. The molecule has 4 nitrogen and oxygen atoms in total. The number of fused-ring (bicyclic) bond motifs is 1. The highest BCUT2D eigenvalue weighted by Gasteiger charge is 2.29. The third kappa shape index (κ3) is 8.17. The first-order valence-electron chi connectivity index (χ1n) is 22.3. The number of phenols is 1. The van der Waals surface area contributed by atoms with Crippen molar-refractivity contribution >= 4 is 11.0 Å². The molecule has 9 aromatic rings. The van der Waals surface area contributed by atoms with Crippen molar-refractivity contribution in [3.05, 3.63) is 199 Å². The molecular formula is C60H57N3O. The Morgan fingerprint density at radius 2 is 1.09 bits per heavy atom. The van der Waals surface area contributed by atoms with Gasteiger partial charge in [0.05, 0.1) is 28.5 Å². The molecule has 9 rings (SSSR count). The van der Waals surface area contributed by atoms with Crippen LogP contribution in [0.4, 0.5) is 0 Å². The minimum atomic E-state index is -0.328. The number of aromatic nitrogens is 3. The molecule has 0 atom stereocenters. The summed E-state index contributed by atoms with van der Waals surface area (Å²) in [7, 11) is 0. The van der Waals surface area contributed by atoms with Gasteiger partial charge in [0.15, 0.2) is 6.20 Å². The zero-order valence-electron chi connectivity index (χ0n) is 38.5. The Labute approximate surface area is 379 Å². The van der Waals surface area contributed by atoms with Gasteiger partial charge in [-0.05, 0) is 97.2 Å². The summed E-state index contributed by atoms with van der Waals surface area (Å²) < 4.78 is 4.39. The van der Waals surface area contributed by atoms with Crippen LogP contribution < -0.4 is 4.57 Å². The van der Waals surface area contributed by atoms with Crippen molar-refractivity contribution < 1.29 is 9.67 Å². The number of imidazole rings is 1. The van der Waals surface area contributed by atoms with Gasteiger partial charge in [-0.3, -0.25) is 9.13 Å². The number of rotatable bonds is 7. The van der Waals surface area contributed by atoms with Gasteiger partial charge in [-0.15, -0.1) is 6.07 Å².